The normalized spacial score (nSPS) is 11.4. The number of aromatic nitrogens is 4. The van der Waals surface area contributed by atoms with Crippen molar-refractivity contribution in [3.63, 3.8) is 0 Å². The summed E-state index contributed by atoms with van der Waals surface area (Å²) in [6, 6.07) is 8.50. The Balaban J connectivity index is 1.54. The molecule has 0 amide bonds. The van der Waals surface area contributed by atoms with Crippen LogP contribution < -0.4 is 10.3 Å². The Labute approximate surface area is 240 Å². The number of fused-ring (bicyclic) bond motifs is 2. The van der Waals surface area contributed by atoms with Gasteiger partial charge in [0.25, 0.3) is 12.0 Å². The van der Waals surface area contributed by atoms with E-state index in [1.54, 1.807) is 38.1 Å². The number of benzene rings is 1. The molecule has 41 heavy (non-hydrogen) atoms. The molecule has 0 radical (unpaired) electrons. The molecular formula is C28H20ClF2N5O4S. The zero-order chi connectivity index (χ0) is 29.6. The largest absolute Gasteiger partial charge is 0.491 e. The van der Waals surface area contributed by atoms with Gasteiger partial charge < -0.3 is 9.84 Å². The van der Waals surface area contributed by atoms with Crippen molar-refractivity contribution in [3.8, 4) is 22.9 Å². The quantitative estimate of drug-likeness (QED) is 0.234. The third kappa shape index (κ3) is 4.98. The molecule has 0 spiro atoms. The molecule has 0 atom stereocenters. The first-order valence-electron chi connectivity index (χ1n) is 12.2. The topological polar surface area (TPSA) is 131 Å². The number of aryl methyl sites for hydroxylation is 3. The van der Waals surface area contributed by atoms with Crippen LogP contribution in [0.2, 0.25) is 5.02 Å². The zero-order valence-electron chi connectivity index (χ0n) is 21.8. The Morgan fingerprint density at radius 1 is 1.17 bits per heavy atom. The molecule has 1 N–H and O–H groups in total. The Hall–Kier alpha value is -4.47. The summed E-state index contributed by atoms with van der Waals surface area (Å²) in [5.41, 5.74) is 0.652. The van der Waals surface area contributed by atoms with Gasteiger partial charge in [-0.15, -0.1) is 11.3 Å². The van der Waals surface area contributed by atoms with Gasteiger partial charge in [0, 0.05) is 27.2 Å². The molecule has 0 unspecified atom stereocenters. The van der Waals surface area contributed by atoms with Crippen molar-refractivity contribution in [2.45, 2.75) is 33.7 Å². The molecule has 0 aliphatic rings. The average molecular weight is 596 g/mol. The minimum Gasteiger partial charge on any atom is -0.491 e. The zero-order valence-corrected chi connectivity index (χ0v) is 23.4. The van der Waals surface area contributed by atoms with E-state index in [2.05, 4.69) is 15.0 Å². The Morgan fingerprint density at radius 2 is 1.93 bits per heavy atom. The van der Waals surface area contributed by atoms with Crippen LogP contribution in [-0.4, -0.2) is 37.2 Å². The minimum atomic E-state index is -3.04. The molecule has 208 valence electrons. The second-order valence-electron chi connectivity index (χ2n) is 9.14. The number of thiophene rings is 1. The number of carboxylic acid groups (broad SMARTS) is 1. The highest BCUT2D eigenvalue weighted by molar-refractivity contribution is 7.18. The monoisotopic (exact) mass is 595 g/mol. The van der Waals surface area contributed by atoms with Crippen molar-refractivity contribution in [2.24, 2.45) is 0 Å². The predicted octanol–water partition coefficient (Wildman–Crippen LogP) is 6.23. The lowest BCUT2D eigenvalue weighted by molar-refractivity contribution is 0.0699. The summed E-state index contributed by atoms with van der Waals surface area (Å²) in [6.07, 6.45) is -3.04. The van der Waals surface area contributed by atoms with Crippen LogP contribution in [-0.2, 0) is 6.54 Å². The summed E-state index contributed by atoms with van der Waals surface area (Å²) < 4.78 is 35.2. The van der Waals surface area contributed by atoms with Gasteiger partial charge >= 0.3 is 5.97 Å². The van der Waals surface area contributed by atoms with Crippen LogP contribution in [0.3, 0.4) is 0 Å². The highest BCUT2D eigenvalue weighted by atomic mass is 35.5. The first-order chi connectivity index (χ1) is 19.5. The molecule has 13 heteroatoms. The number of aromatic carboxylic acids is 1. The van der Waals surface area contributed by atoms with Crippen LogP contribution in [0.25, 0.3) is 32.2 Å². The van der Waals surface area contributed by atoms with Crippen molar-refractivity contribution < 1.29 is 23.4 Å². The van der Waals surface area contributed by atoms with E-state index in [0.29, 0.717) is 43.6 Å². The number of nitrogens with zero attached hydrogens (tertiary/aromatic N) is 5. The van der Waals surface area contributed by atoms with Gasteiger partial charge in [0.2, 0.25) is 0 Å². The van der Waals surface area contributed by atoms with Crippen molar-refractivity contribution in [2.75, 3.05) is 6.61 Å². The number of rotatable bonds is 7. The maximum atomic E-state index is 13.6. The Morgan fingerprint density at radius 3 is 2.61 bits per heavy atom. The molecule has 5 rings (SSSR count). The number of hydrogen-bond donors (Lipinski definition) is 1. The molecule has 4 aromatic heterocycles. The Bertz CT molecular complexity index is 1980. The average Bonchev–Trinajstić information content (AvgIpc) is 3.35. The summed E-state index contributed by atoms with van der Waals surface area (Å²) >= 11 is 7.56. The van der Waals surface area contributed by atoms with Gasteiger partial charge in [-0.3, -0.25) is 14.3 Å². The maximum absolute atomic E-state index is 13.6. The molecule has 0 saturated carbocycles. The van der Waals surface area contributed by atoms with Gasteiger partial charge in [0.05, 0.1) is 39.0 Å². The third-order valence-corrected chi connectivity index (χ3v) is 7.74. The van der Waals surface area contributed by atoms with E-state index in [1.165, 1.54) is 28.2 Å². The molecule has 0 fully saturated rings. The van der Waals surface area contributed by atoms with E-state index >= 15 is 0 Å². The van der Waals surface area contributed by atoms with E-state index < -0.39 is 29.2 Å². The lowest BCUT2D eigenvalue weighted by Crippen LogP contribution is -2.28. The van der Waals surface area contributed by atoms with Crippen molar-refractivity contribution in [1.82, 2.24) is 19.5 Å². The molecule has 0 aliphatic carbocycles. The van der Waals surface area contributed by atoms with Gasteiger partial charge in [-0.2, -0.15) is 5.26 Å². The number of alkyl halides is 2. The van der Waals surface area contributed by atoms with E-state index in [-0.39, 0.29) is 35.3 Å². The standard InChI is InChI=1S/C28H20ClF2N5O4S/c1-12-8-17(25-23(33-12)19(11-41-25)28(38)39)16-9-15(29)4-5-20(16)40-7-6-36-14(3)35-22-13(2)34-24(26(30)31)18(10-32)21(22)27(36)37/h4-5,8-9,11,26H,6-7H2,1-3H3,(H,38,39). The number of ether oxygens (including phenoxy) is 1. The fourth-order valence-corrected chi connectivity index (χ4v) is 5.86. The van der Waals surface area contributed by atoms with Gasteiger partial charge in [-0.1, -0.05) is 11.6 Å². The second kappa shape index (κ2) is 10.8. The summed E-state index contributed by atoms with van der Waals surface area (Å²) in [5.74, 6) is -0.366. The highest BCUT2D eigenvalue weighted by Crippen LogP contribution is 2.40. The second-order valence-corrected chi connectivity index (χ2v) is 10.5. The van der Waals surface area contributed by atoms with Gasteiger partial charge in [0.15, 0.2) is 0 Å². The summed E-state index contributed by atoms with van der Waals surface area (Å²) in [5, 5.41) is 20.9. The molecule has 4 heterocycles. The summed E-state index contributed by atoms with van der Waals surface area (Å²) in [7, 11) is 0. The fraction of sp³-hybridized carbons (Fsp3) is 0.214. The first-order valence-corrected chi connectivity index (χ1v) is 13.4. The molecule has 0 saturated heterocycles. The molecular weight excluding hydrogens is 576 g/mol. The minimum absolute atomic E-state index is 0.00112. The summed E-state index contributed by atoms with van der Waals surface area (Å²) in [6.45, 7) is 4.79. The molecule has 0 bridgehead atoms. The molecule has 0 aliphatic heterocycles. The van der Waals surface area contributed by atoms with E-state index in [0.717, 1.165) is 0 Å². The lowest BCUT2D eigenvalue weighted by atomic mass is 10.0. The lowest BCUT2D eigenvalue weighted by Gasteiger charge is -2.16. The van der Waals surface area contributed by atoms with Gasteiger partial charge in [-0.05, 0) is 45.0 Å². The number of carboxylic acids is 1. The predicted molar refractivity (Wildman–Crippen MR) is 150 cm³/mol. The van der Waals surface area contributed by atoms with Crippen LogP contribution in [0.5, 0.6) is 5.75 Å². The van der Waals surface area contributed by atoms with Crippen LogP contribution in [0, 0.1) is 32.1 Å². The van der Waals surface area contributed by atoms with Crippen LogP contribution in [0.4, 0.5) is 8.78 Å². The summed E-state index contributed by atoms with van der Waals surface area (Å²) in [4.78, 5) is 37.8. The number of pyridine rings is 2. The Kier molecular flexibility index (Phi) is 7.42. The van der Waals surface area contributed by atoms with E-state index in [1.807, 2.05) is 6.07 Å². The van der Waals surface area contributed by atoms with E-state index in [9.17, 15) is 28.7 Å². The molecule has 1 aromatic carbocycles. The van der Waals surface area contributed by atoms with E-state index in [4.69, 9.17) is 16.3 Å². The maximum Gasteiger partial charge on any atom is 0.338 e. The van der Waals surface area contributed by atoms with Crippen LogP contribution in [0.15, 0.2) is 34.4 Å². The highest BCUT2D eigenvalue weighted by Gasteiger charge is 2.24. The van der Waals surface area contributed by atoms with Crippen molar-refractivity contribution in [3.05, 3.63) is 79.1 Å². The molecule has 5 aromatic rings. The number of halogens is 3. The number of hydrogen-bond acceptors (Lipinski definition) is 8. The third-order valence-electron chi connectivity index (χ3n) is 6.50. The fourth-order valence-electron chi connectivity index (χ4n) is 4.67. The SMILES string of the molecule is Cc1cc(-c2cc(Cl)ccc2OCCn2c(C)nc3c(C)nc(C(F)F)c(C#N)c3c2=O)c2scc(C(=O)O)c2n1. The number of nitriles is 1. The van der Waals surface area contributed by atoms with Gasteiger partial charge in [0.1, 0.15) is 35.5 Å². The van der Waals surface area contributed by atoms with Crippen LogP contribution in [0.1, 0.15) is 45.3 Å². The first kappa shape index (κ1) is 28.1. The van der Waals surface area contributed by atoms with Crippen LogP contribution >= 0.6 is 22.9 Å². The van der Waals surface area contributed by atoms with Crippen molar-refractivity contribution >= 4 is 50.0 Å². The number of carbonyl (C=O) groups is 1. The molecule has 9 nitrogen and oxygen atoms in total. The van der Waals surface area contributed by atoms with Gasteiger partial charge in [-0.25, -0.2) is 23.5 Å². The smallest absolute Gasteiger partial charge is 0.338 e. The van der Waals surface area contributed by atoms with Crippen molar-refractivity contribution in [1.29, 1.82) is 5.26 Å².